The molecule has 0 aromatic heterocycles. The van der Waals surface area contributed by atoms with Gasteiger partial charge in [0.05, 0.1) is 5.56 Å². The quantitative estimate of drug-likeness (QED) is 0.568. The maximum atomic E-state index is 13.4. The van der Waals surface area contributed by atoms with Gasteiger partial charge in [0.1, 0.15) is 5.82 Å². The van der Waals surface area contributed by atoms with Gasteiger partial charge in [0.25, 0.3) is 0 Å². The summed E-state index contributed by atoms with van der Waals surface area (Å²) in [7, 11) is 0. The van der Waals surface area contributed by atoms with Crippen molar-refractivity contribution in [1.82, 2.24) is 0 Å². The van der Waals surface area contributed by atoms with Crippen LogP contribution in [0.15, 0.2) is 18.2 Å². The van der Waals surface area contributed by atoms with E-state index < -0.39 is 17.6 Å². The van der Waals surface area contributed by atoms with Crippen LogP contribution in [0.25, 0.3) is 0 Å². The molecule has 0 unspecified atom stereocenters. The number of halogens is 4. The first-order valence-electron chi connectivity index (χ1n) is 6.30. The molecule has 0 atom stereocenters. The van der Waals surface area contributed by atoms with Crippen molar-refractivity contribution in [2.75, 3.05) is 0 Å². The Balaban J connectivity index is 2.22. The van der Waals surface area contributed by atoms with Crippen molar-refractivity contribution in [3.8, 4) is 0 Å². The zero-order valence-corrected chi connectivity index (χ0v) is 10.3. The second-order valence-electron chi connectivity index (χ2n) is 4.89. The number of Topliss-reactive ketones (excluding diaryl/α,β-unsaturated/α-hetero) is 1. The highest BCUT2D eigenvalue weighted by atomic mass is 19.4. The van der Waals surface area contributed by atoms with Gasteiger partial charge in [-0.3, -0.25) is 4.79 Å². The SMILES string of the molecule is O=C(c1ccc(C(F)(F)F)c(F)c1)C1CCCCC1. The van der Waals surface area contributed by atoms with E-state index in [4.69, 9.17) is 0 Å². The summed E-state index contributed by atoms with van der Waals surface area (Å²) in [6.45, 7) is 0. The fraction of sp³-hybridized carbons (Fsp3) is 0.500. The number of carbonyl (C=O) groups is 1. The molecule has 19 heavy (non-hydrogen) atoms. The predicted molar refractivity (Wildman–Crippen MR) is 62.3 cm³/mol. The van der Waals surface area contributed by atoms with Crippen LogP contribution in [0.3, 0.4) is 0 Å². The number of ketones is 1. The van der Waals surface area contributed by atoms with Gasteiger partial charge < -0.3 is 0 Å². The molecular formula is C14H14F4O. The van der Waals surface area contributed by atoms with E-state index in [1.807, 2.05) is 0 Å². The Hall–Kier alpha value is -1.39. The molecule has 1 nitrogen and oxygen atoms in total. The van der Waals surface area contributed by atoms with Gasteiger partial charge in [-0.1, -0.05) is 25.3 Å². The van der Waals surface area contributed by atoms with Gasteiger partial charge in [-0.2, -0.15) is 13.2 Å². The zero-order chi connectivity index (χ0) is 14.0. The fourth-order valence-corrected chi connectivity index (χ4v) is 2.50. The minimum atomic E-state index is -4.73. The molecule has 0 saturated heterocycles. The van der Waals surface area contributed by atoms with E-state index in [1.54, 1.807) is 0 Å². The number of alkyl halides is 3. The molecule has 0 amide bonds. The van der Waals surface area contributed by atoms with E-state index in [0.717, 1.165) is 38.2 Å². The van der Waals surface area contributed by atoms with Crippen LogP contribution in [-0.2, 0) is 6.18 Å². The van der Waals surface area contributed by atoms with E-state index in [-0.39, 0.29) is 17.3 Å². The van der Waals surface area contributed by atoms with Gasteiger partial charge in [-0.05, 0) is 25.0 Å². The second kappa shape index (κ2) is 5.31. The van der Waals surface area contributed by atoms with Gasteiger partial charge in [-0.15, -0.1) is 0 Å². The molecule has 5 heteroatoms. The first kappa shape index (κ1) is 14.0. The lowest BCUT2D eigenvalue weighted by molar-refractivity contribution is -0.140. The van der Waals surface area contributed by atoms with E-state index in [9.17, 15) is 22.4 Å². The van der Waals surface area contributed by atoms with Crippen molar-refractivity contribution < 1.29 is 22.4 Å². The van der Waals surface area contributed by atoms with Crippen LogP contribution in [0.5, 0.6) is 0 Å². The fourth-order valence-electron chi connectivity index (χ4n) is 2.50. The summed E-state index contributed by atoms with van der Waals surface area (Å²) in [5, 5.41) is 0. The van der Waals surface area contributed by atoms with Crippen molar-refractivity contribution in [2.45, 2.75) is 38.3 Å². The Morgan fingerprint density at radius 3 is 2.26 bits per heavy atom. The lowest BCUT2D eigenvalue weighted by Crippen LogP contribution is -2.18. The van der Waals surface area contributed by atoms with Crippen LogP contribution in [0.1, 0.15) is 48.0 Å². The Kier molecular flexibility index (Phi) is 3.92. The Morgan fingerprint density at radius 1 is 1.11 bits per heavy atom. The molecule has 1 aromatic rings. The molecule has 2 rings (SSSR count). The van der Waals surface area contributed by atoms with Crippen molar-refractivity contribution in [1.29, 1.82) is 0 Å². The molecule has 1 aliphatic rings. The van der Waals surface area contributed by atoms with Gasteiger partial charge in [0.2, 0.25) is 0 Å². The molecule has 0 aliphatic heterocycles. The molecule has 1 saturated carbocycles. The molecule has 0 heterocycles. The van der Waals surface area contributed by atoms with Crippen LogP contribution in [0, 0.1) is 11.7 Å². The summed E-state index contributed by atoms with van der Waals surface area (Å²) in [6, 6.07) is 2.42. The highest BCUT2D eigenvalue weighted by molar-refractivity contribution is 5.97. The summed E-state index contributed by atoms with van der Waals surface area (Å²) in [4.78, 5) is 12.1. The molecule has 104 valence electrons. The van der Waals surface area contributed by atoms with Crippen molar-refractivity contribution in [3.05, 3.63) is 35.1 Å². The van der Waals surface area contributed by atoms with Gasteiger partial charge >= 0.3 is 6.18 Å². The van der Waals surface area contributed by atoms with Gasteiger partial charge in [0, 0.05) is 11.5 Å². The summed E-state index contributed by atoms with van der Waals surface area (Å²) >= 11 is 0. The van der Waals surface area contributed by atoms with Gasteiger partial charge in [-0.25, -0.2) is 4.39 Å². The van der Waals surface area contributed by atoms with Crippen LogP contribution in [-0.4, -0.2) is 5.78 Å². The molecular weight excluding hydrogens is 260 g/mol. The largest absolute Gasteiger partial charge is 0.419 e. The molecule has 0 radical (unpaired) electrons. The summed E-state index contributed by atoms with van der Waals surface area (Å²) in [5.41, 5.74) is -1.29. The normalized spacial score (nSPS) is 17.5. The first-order chi connectivity index (χ1) is 8.89. The minimum Gasteiger partial charge on any atom is -0.294 e. The minimum absolute atomic E-state index is 0.0393. The standard InChI is InChI=1S/C14H14F4O/c15-12-8-10(6-7-11(12)14(16,17)18)13(19)9-4-2-1-3-5-9/h6-9H,1-5H2. The Bertz CT molecular complexity index is 473. The number of rotatable bonds is 2. The molecule has 0 bridgehead atoms. The van der Waals surface area contributed by atoms with Crippen molar-refractivity contribution in [3.63, 3.8) is 0 Å². The predicted octanol–water partition coefficient (Wildman–Crippen LogP) is 4.61. The third-order valence-corrected chi connectivity index (χ3v) is 3.53. The van der Waals surface area contributed by atoms with E-state index >= 15 is 0 Å². The lowest BCUT2D eigenvalue weighted by Gasteiger charge is -2.20. The Morgan fingerprint density at radius 2 is 1.74 bits per heavy atom. The van der Waals surface area contributed by atoms with E-state index in [2.05, 4.69) is 0 Å². The summed E-state index contributed by atoms with van der Waals surface area (Å²) in [5.74, 6) is -1.80. The summed E-state index contributed by atoms with van der Waals surface area (Å²) in [6.07, 6.45) is -0.288. The van der Waals surface area contributed by atoms with E-state index in [0.29, 0.717) is 12.1 Å². The molecule has 0 spiro atoms. The first-order valence-corrected chi connectivity index (χ1v) is 6.30. The van der Waals surface area contributed by atoms with Crippen LogP contribution in [0.4, 0.5) is 17.6 Å². The maximum Gasteiger partial charge on any atom is 0.419 e. The third-order valence-electron chi connectivity index (χ3n) is 3.53. The average Bonchev–Trinajstić information content (AvgIpc) is 2.37. The monoisotopic (exact) mass is 274 g/mol. The van der Waals surface area contributed by atoms with E-state index in [1.165, 1.54) is 0 Å². The van der Waals surface area contributed by atoms with Crippen LogP contribution < -0.4 is 0 Å². The molecule has 1 fully saturated rings. The maximum absolute atomic E-state index is 13.4. The van der Waals surface area contributed by atoms with Crippen molar-refractivity contribution in [2.24, 2.45) is 5.92 Å². The van der Waals surface area contributed by atoms with Crippen LogP contribution >= 0.6 is 0 Å². The van der Waals surface area contributed by atoms with Crippen molar-refractivity contribution >= 4 is 5.78 Å². The Labute approximate surface area is 108 Å². The smallest absolute Gasteiger partial charge is 0.294 e. The molecule has 1 aliphatic carbocycles. The second-order valence-corrected chi connectivity index (χ2v) is 4.89. The number of carbonyl (C=O) groups excluding carboxylic acids is 1. The highest BCUT2D eigenvalue weighted by Crippen LogP contribution is 2.33. The third kappa shape index (κ3) is 3.14. The molecule has 0 N–H and O–H groups in total. The highest BCUT2D eigenvalue weighted by Gasteiger charge is 2.34. The number of hydrogen-bond acceptors (Lipinski definition) is 1. The zero-order valence-electron chi connectivity index (χ0n) is 10.3. The average molecular weight is 274 g/mol. The molecule has 1 aromatic carbocycles. The van der Waals surface area contributed by atoms with Crippen LogP contribution in [0.2, 0.25) is 0 Å². The van der Waals surface area contributed by atoms with Gasteiger partial charge in [0.15, 0.2) is 5.78 Å². The lowest BCUT2D eigenvalue weighted by atomic mass is 9.84. The summed E-state index contributed by atoms with van der Waals surface area (Å²) < 4.78 is 50.6. The number of hydrogen-bond donors (Lipinski definition) is 0. The number of benzene rings is 1. The topological polar surface area (TPSA) is 17.1 Å².